The van der Waals surface area contributed by atoms with E-state index in [2.05, 4.69) is 0 Å². The topological polar surface area (TPSA) is 57.3 Å². The monoisotopic (exact) mass is 214 g/mol. The minimum Gasteiger partial charge on any atom is -0.456 e. The largest absolute Gasteiger partial charge is 0.456 e. The lowest BCUT2D eigenvalue weighted by molar-refractivity contribution is -0.185. The lowest BCUT2D eigenvalue weighted by Gasteiger charge is -2.23. The molecule has 0 amide bonds. The summed E-state index contributed by atoms with van der Waals surface area (Å²) in [5.74, 6) is -0.0481. The molecule has 5 atom stereocenters. The molecule has 84 valence electrons. The van der Waals surface area contributed by atoms with Crippen LogP contribution in [0.1, 0.15) is 6.42 Å². The van der Waals surface area contributed by atoms with Gasteiger partial charge in [0.1, 0.15) is 0 Å². The molecular weight excluding hydrogens is 200 g/mol. The molecule has 2 aliphatic heterocycles. The molecule has 0 aromatic carbocycles. The van der Waals surface area contributed by atoms with Gasteiger partial charge >= 0.3 is 5.97 Å². The average Bonchev–Trinajstić information content (AvgIpc) is 2.76. The summed E-state index contributed by atoms with van der Waals surface area (Å²) < 4.78 is 20.9. The minimum atomic E-state index is -0.457. The fourth-order valence-corrected chi connectivity index (χ4v) is 2.89. The number of cyclic esters (lactones) is 1. The first kappa shape index (κ1) is 9.57. The second-order valence-electron chi connectivity index (χ2n) is 4.31. The van der Waals surface area contributed by atoms with Crippen LogP contribution < -0.4 is 0 Å². The van der Waals surface area contributed by atoms with Gasteiger partial charge in [0.2, 0.25) is 0 Å². The second kappa shape index (κ2) is 3.17. The first-order valence-electron chi connectivity index (χ1n) is 5.18. The van der Waals surface area contributed by atoms with Crippen LogP contribution in [0.15, 0.2) is 0 Å². The summed E-state index contributed by atoms with van der Waals surface area (Å²) in [5.41, 5.74) is 0. The van der Waals surface area contributed by atoms with Gasteiger partial charge in [0, 0.05) is 20.1 Å². The number of epoxide rings is 1. The Bertz CT molecular complexity index is 288. The van der Waals surface area contributed by atoms with Crippen molar-refractivity contribution in [3.63, 3.8) is 0 Å². The van der Waals surface area contributed by atoms with Crippen LogP contribution in [0.25, 0.3) is 0 Å². The fraction of sp³-hybridized carbons (Fsp3) is 0.900. The zero-order valence-corrected chi connectivity index (χ0v) is 8.71. The lowest BCUT2D eigenvalue weighted by Crippen LogP contribution is -2.35. The maximum atomic E-state index is 11.6. The molecule has 0 aromatic heterocycles. The summed E-state index contributed by atoms with van der Waals surface area (Å²) in [6.07, 6.45) is 0.525. The molecule has 0 aromatic rings. The Balaban J connectivity index is 1.79. The third kappa shape index (κ3) is 1.23. The van der Waals surface area contributed by atoms with Gasteiger partial charge in [-0.25, -0.2) is 0 Å². The first-order valence-corrected chi connectivity index (χ1v) is 5.18. The molecule has 5 nitrogen and oxygen atoms in total. The van der Waals surface area contributed by atoms with Crippen molar-refractivity contribution in [1.29, 1.82) is 0 Å². The number of ether oxygens (including phenoxy) is 4. The van der Waals surface area contributed by atoms with Crippen molar-refractivity contribution >= 4 is 5.97 Å². The molecule has 3 aliphatic rings. The molecule has 3 fully saturated rings. The maximum absolute atomic E-state index is 11.6. The van der Waals surface area contributed by atoms with Crippen LogP contribution in [0.3, 0.4) is 0 Å². The molecule has 0 N–H and O–H groups in total. The molecule has 0 spiro atoms. The van der Waals surface area contributed by atoms with Crippen molar-refractivity contribution in [3.05, 3.63) is 0 Å². The zero-order valence-electron chi connectivity index (χ0n) is 8.71. The highest BCUT2D eigenvalue weighted by atomic mass is 16.7. The van der Waals surface area contributed by atoms with Crippen molar-refractivity contribution in [2.45, 2.75) is 31.0 Å². The first-order chi connectivity index (χ1) is 7.26. The van der Waals surface area contributed by atoms with E-state index in [4.69, 9.17) is 18.9 Å². The maximum Gasteiger partial charge on any atom is 0.312 e. The predicted molar refractivity (Wildman–Crippen MR) is 47.9 cm³/mol. The Labute approximate surface area is 87.6 Å². The number of carbonyl (C=O) groups excluding carboxylic acids is 1. The van der Waals surface area contributed by atoms with Crippen LogP contribution in [0.4, 0.5) is 0 Å². The number of fused-ring (bicyclic) bond motifs is 3. The highest BCUT2D eigenvalue weighted by Gasteiger charge is 2.66. The van der Waals surface area contributed by atoms with Crippen LogP contribution in [0.5, 0.6) is 0 Å². The zero-order chi connectivity index (χ0) is 10.6. The van der Waals surface area contributed by atoms with E-state index in [1.165, 1.54) is 0 Å². The van der Waals surface area contributed by atoms with E-state index in [9.17, 15) is 4.79 Å². The third-order valence-electron chi connectivity index (χ3n) is 3.62. The summed E-state index contributed by atoms with van der Waals surface area (Å²) in [6.45, 7) is 0. The molecule has 0 radical (unpaired) electrons. The van der Waals surface area contributed by atoms with Gasteiger partial charge in [0.25, 0.3) is 0 Å². The summed E-state index contributed by atoms with van der Waals surface area (Å²) in [4.78, 5) is 11.6. The number of hydrogen-bond donors (Lipinski definition) is 0. The van der Waals surface area contributed by atoms with Crippen molar-refractivity contribution in [1.82, 2.24) is 0 Å². The Morgan fingerprint density at radius 3 is 2.80 bits per heavy atom. The quantitative estimate of drug-likeness (QED) is 0.374. The van der Waals surface area contributed by atoms with Crippen molar-refractivity contribution < 1.29 is 23.7 Å². The molecule has 5 heteroatoms. The number of rotatable bonds is 3. The van der Waals surface area contributed by atoms with Crippen molar-refractivity contribution in [2.75, 3.05) is 14.2 Å². The van der Waals surface area contributed by atoms with E-state index in [0.29, 0.717) is 0 Å². The molecule has 2 saturated heterocycles. The summed E-state index contributed by atoms with van der Waals surface area (Å²) in [7, 11) is 3.11. The number of carbonyl (C=O) groups is 1. The van der Waals surface area contributed by atoms with Crippen LogP contribution >= 0.6 is 0 Å². The summed E-state index contributed by atoms with van der Waals surface area (Å²) >= 11 is 0. The summed E-state index contributed by atoms with van der Waals surface area (Å²) in [6, 6.07) is 0. The smallest absolute Gasteiger partial charge is 0.312 e. The van der Waals surface area contributed by atoms with E-state index in [0.717, 1.165) is 6.42 Å². The Kier molecular flexibility index (Phi) is 2.02. The standard InChI is InChI=1S/C10H14O5/c1-12-10(13-2)7-4-3-5-8(14-5)6(4)9(11)15-7/h4-8,10H,3H2,1-2H3/t4-,5-,6-,7+,8+/m1/s1. The number of esters is 1. The molecule has 0 bridgehead atoms. The van der Waals surface area contributed by atoms with Crippen molar-refractivity contribution in [3.8, 4) is 0 Å². The van der Waals surface area contributed by atoms with E-state index in [-0.39, 0.29) is 36.1 Å². The molecule has 1 saturated carbocycles. The van der Waals surface area contributed by atoms with Crippen LogP contribution in [0, 0.1) is 11.8 Å². The van der Waals surface area contributed by atoms with Gasteiger partial charge in [-0.1, -0.05) is 0 Å². The van der Waals surface area contributed by atoms with Gasteiger partial charge in [0.05, 0.1) is 18.1 Å². The van der Waals surface area contributed by atoms with E-state index >= 15 is 0 Å². The minimum absolute atomic E-state index is 0.0900. The SMILES string of the molecule is COC(OC)[C@H]1OC(=O)[C@@H]2[C@H]1C[C@H]1O[C@H]21. The van der Waals surface area contributed by atoms with Gasteiger partial charge in [-0.2, -0.15) is 0 Å². The van der Waals surface area contributed by atoms with Gasteiger partial charge in [0.15, 0.2) is 12.4 Å². The summed E-state index contributed by atoms with van der Waals surface area (Å²) in [5, 5.41) is 0. The molecule has 15 heavy (non-hydrogen) atoms. The normalized spacial score (nSPS) is 46.6. The van der Waals surface area contributed by atoms with Crippen molar-refractivity contribution in [2.24, 2.45) is 11.8 Å². The molecule has 2 heterocycles. The number of hydrogen-bond acceptors (Lipinski definition) is 5. The molecular formula is C10H14O5. The molecule has 1 aliphatic carbocycles. The molecule has 0 unspecified atom stereocenters. The van der Waals surface area contributed by atoms with Gasteiger partial charge in [-0.15, -0.1) is 0 Å². The van der Waals surface area contributed by atoms with Gasteiger partial charge < -0.3 is 18.9 Å². The Hall–Kier alpha value is -0.650. The average molecular weight is 214 g/mol. The van der Waals surface area contributed by atoms with Crippen LogP contribution in [-0.4, -0.2) is 44.8 Å². The van der Waals surface area contributed by atoms with E-state index < -0.39 is 6.29 Å². The van der Waals surface area contributed by atoms with E-state index in [1.54, 1.807) is 14.2 Å². The highest BCUT2D eigenvalue weighted by Crippen LogP contribution is 2.53. The fourth-order valence-electron chi connectivity index (χ4n) is 2.89. The second-order valence-corrected chi connectivity index (χ2v) is 4.31. The number of methoxy groups -OCH3 is 2. The Morgan fingerprint density at radius 2 is 2.13 bits per heavy atom. The Morgan fingerprint density at radius 1 is 1.40 bits per heavy atom. The lowest BCUT2D eigenvalue weighted by atomic mass is 9.92. The third-order valence-corrected chi connectivity index (χ3v) is 3.62. The van der Waals surface area contributed by atoms with Crippen LogP contribution in [0.2, 0.25) is 0 Å². The van der Waals surface area contributed by atoms with Gasteiger partial charge in [-0.3, -0.25) is 4.79 Å². The predicted octanol–water partition coefficient (Wildman–Crippen LogP) is -0.0658. The van der Waals surface area contributed by atoms with E-state index in [1.807, 2.05) is 0 Å². The van der Waals surface area contributed by atoms with Crippen LogP contribution in [-0.2, 0) is 23.7 Å². The molecule has 3 rings (SSSR count). The van der Waals surface area contributed by atoms with Gasteiger partial charge in [-0.05, 0) is 6.42 Å². The highest BCUT2D eigenvalue weighted by molar-refractivity contribution is 5.77.